The van der Waals surface area contributed by atoms with Crippen molar-refractivity contribution in [3.05, 3.63) is 30.1 Å². The van der Waals surface area contributed by atoms with Crippen LogP contribution in [0.2, 0.25) is 0 Å². The van der Waals surface area contributed by atoms with Crippen LogP contribution < -0.4 is 0 Å². The van der Waals surface area contributed by atoms with Crippen molar-refractivity contribution in [1.29, 1.82) is 0 Å². The first-order valence-electron chi connectivity index (χ1n) is 9.89. The monoisotopic (exact) mass is 358 g/mol. The van der Waals surface area contributed by atoms with Gasteiger partial charge in [-0.2, -0.15) is 0 Å². The highest BCUT2D eigenvalue weighted by Gasteiger charge is 2.45. The maximum atomic E-state index is 12.8. The van der Waals surface area contributed by atoms with Crippen molar-refractivity contribution in [1.82, 2.24) is 19.7 Å². The van der Waals surface area contributed by atoms with Gasteiger partial charge in [0.2, 0.25) is 0 Å². The molecule has 1 spiro atoms. The number of likely N-dealkylation sites (tertiary alicyclic amines) is 1. The maximum Gasteiger partial charge on any atom is 0.272 e. The third-order valence-corrected chi connectivity index (χ3v) is 6.11. The van der Waals surface area contributed by atoms with Crippen molar-refractivity contribution in [3.63, 3.8) is 0 Å². The Hall–Kier alpha value is -1.50. The van der Waals surface area contributed by atoms with Gasteiger partial charge in [0.05, 0.1) is 18.8 Å². The molecule has 6 nitrogen and oxygen atoms in total. The van der Waals surface area contributed by atoms with Crippen molar-refractivity contribution in [2.45, 2.75) is 24.9 Å². The van der Waals surface area contributed by atoms with Gasteiger partial charge in [0.1, 0.15) is 5.69 Å². The number of carbonyl (C=O) groups is 1. The van der Waals surface area contributed by atoms with E-state index in [-0.39, 0.29) is 11.5 Å². The largest absolute Gasteiger partial charge is 0.373 e. The maximum absolute atomic E-state index is 12.8. The second-order valence-corrected chi connectivity index (χ2v) is 8.21. The highest BCUT2D eigenvalue weighted by molar-refractivity contribution is 5.92. The van der Waals surface area contributed by atoms with Crippen molar-refractivity contribution in [2.75, 3.05) is 59.5 Å². The fourth-order valence-corrected chi connectivity index (χ4v) is 4.66. The summed E-state index contributed by atoms with van der Waals surface area (Å²) in [6.45, 7) is 8.11. The molecule has 0 radical (unpaired) electrons. The van der Waals surface area contributed by atoms with Crippen molar-refractivity contribution in [3.8, 4) is 0 Å². The van der Waals surface area contributed by atoms with E-state index in [1.165, 1.54) is 0 Å². The van der Waals surface area contributed by atoms with Gasteiger partial charge in [-0.15, -0.1) is 0 Å². The SMILES string of the molecule is CN1CCN(C[C@@H]2CO[C@]3(CCCN(C(=O)c4ccccn4)C3)C2)CC1. The second-order valence-electron chi connectivity index (χ2n) is 8.21. The first-order valence-corrected chi connectivity index (χ1v) is 9.89. The molecule has 3 fully saturated rings. The average molecular weight is 358 g/mol. The molecule has 4 heterocycles. The third kappa shape index (κ3) is 3.92. The Morgan fingerprint density at radius 3 is 2.88 bits per heavy atom. The van der Waals surface area contributed by atoms with Crippen LogP contribution in [0.15, 0.2) is 24.4 Å². The van der Waals surface area contributed by atoms with E-state index in [2.05, 4.69) is 21.8 Å². The Morgan fingerprint density at radius 2 is 2.12 bits per heavy atom. The smallest absolute Gasteiger partial charge is 0.272 e. The Labute approximate surface area is 156 Å². The molecule has 26 heavy (non-hydrogen) atoms. The van der Waals surface area contributed by atoms with E-state index in [0.717, 1.165) is 65.1 Å². The fourth-order valence-electron chi connectivity index (χ4n) is 4.66. The number of hydrogen-bond donors (Lipinski definition) is 0. The predicted octanol–water partition coefficient (Wildman–Crippen LogP) is 1.34. The summed E-state index contributed by atoms with van der Waals surface area (Å²) in [6, 6.07) is 5.52. The molecule has 2 atom stereocenters. The molecule has 3 aliphatic heterocycles. The van der Waals surface area contributed by atoms with Gasteiger partial charge >= 0.3 is 0 Å². The highest BCUT2D eigenvalue weighted by Crippen LogP contribution is 2.38. The van der Waals surface area contributed by atoms with Crippen molar-refractivity contribution >= 4 is 5.91 Å². The highest BCUT2D eigenvalue weighted by atomic mass is 16.5. The summed E-state index contributed by atoms with van der Waals surface area (Å²) in [5.74, 6) is 0.624. The molecule has 3 aliphatic rings. The summed E-state index contributed by atoms with van der Waals surface area (Å²) in [5, 5.41) is 0. The summed E-state index contributed by atoms with van der Waals surface area (Å²) in [6.07, 6.45) is 4.84. The minimum Gasteiger partial charge on any atom is -0.373 e. The Bertz CT molecular complexity index is 617. The number of nitrogens with zero attached hydrogens (tertiary/aromatic N) is 4. The van der Waals surface area contributed by atoms with Gasteiger partial charge in [-0.1, -0.05) is 6.07 Å². The zero-order chi connectivity index (χ0) is 18.0. The molecule has 1 aromatic rings. The van der Waals surface area contributed by atoms with Gasteiger partial charge in [0, 0.05) is 45.5 Å². The van der Waals surface area contributed by atoms with Crippen LogP contribution in [-0.2, 0) is 4.74 Å². The molecule has 6 heteroatoms. The number of pyridine rings is 1. The van der Waals surface area contributed by atoms with Gasteiger partial charge < -0.3 is 19.4 Å². The molecule has 142 valence electrons. The lowest BCUT2D eigenvalue weighted by Gasteiger charge is -2.40. The topological polar surface area (TPSA) is 48.9 Å². The molecule has 0 N–H and O–H groups in total. The molecule has 4 rings (SSSR count). The van der Waals surface area contributed by atoms with E-state index >= 15 is 0 Å². The van der Waals surface area contributed by atoms with Crippen molar-refractivity contribution < 1.29 is 9.53 Å². The van der Waals surface area contributed by atoms with Crippen LogP contribution in [0.25, 0.3) is 0 Å². The van der Waals surface area contributed by atoms with E-state index in [4.69, 9.17) is 4.74 Å². The first kappa shape index (κ1) is 17.9. The average Bonchev–Trinajstić information content (AvgIpc) is 3.05. The van der Waals surface area contributed by atoms with Gasteiger partial charge in [0.25, 0.3) is 5.91 Å². The zero-order valence-corrected chi connectivity index (χ0v) is 15.8. The summed E-state index contributed by atoms with van der Waals surface area (Å²) < 4.78 is 6.32. The molecule has 0 saturated carbocycles. The molecule has 0 unspecified atom stereocenters. The molecular weight excluding hydrogens is 328 g/mol. The minimum absolute atomic E-state index is 0.0378. The number of amides is 1. The van der Waals surface area contributed by atoms with Gasteiger partial charge in [-0.05, 0) is 44.4 Å². The lowest BCUT2D eigenvalue weighted by Crippen LogP contribution is -2.50. The number of piperazine rings is 1. The minimum atomic E-state index is -0.139. The van der Waals surface area contributed by atoms with Crippen LogP contribution in [0.4, 0.5) is 0 Å². The molecule has 0 aliphatic carbocycles. The number of carbonyl (C=O) groups excluding carboxylic acids is 1. The van der Waals surface area contributed by atoms with E-state index in [1.807, 2.05) is 17.0 Å². The quantitative estimate of drug-likeness (QED) is 0.816. The number of piperidine rings is 1. The Balaban J connectivity index is 1.34. The number of aromatic nitrogens is 1. The second kappa shape index (κ2) is 7.62. The summed E-state index contributed by atoms with van der Waals surface area (Å²) in [5.41, 5.74) is 0.400. The van der Waals surface area contributed by atoms with E-state index in [1.54, 1.807) is 12.3 Å². The van der Waals surface area contributed by atoms with Crippen LogP contribution >= 0.6 is 0 Å². The number of rotatable bonds is 3. The molecule has 3 saturated heterocycles. The summed E-state index contributed by atoms with van der Waals surface area (Å²) >= 11 is 0. The van der Waals surface area contributed by atoms with Crippen molar-refractivity contribution in [2.24, 2.45) is 5.92 Å². The van der Waals surface area contributed by atoms with E-state index < -0.39 is 0 Å². The first-order chi connectivity index (χ1) is 12.6. The van der Waals surface area contributed by atoms with E-state index in [0.29, 0.717) is 18.2 Å². The van der Waals surface area contributed by atoms with Crippen LogP contribution in [0.3, 0.4) is 0 Å². The molecule has 1 aromatic heterocycles. The van der Waals surface area contributed by atoms with Crippen LogP contribution in [0, 0.1) is 5.92 Å². The Kier molecular flexibility index (Phi) is 5.25. The molecule has 1 amide bonds. The van der Waals surface area contributed by atoms with Gasteiger partial charge in [0.15, 0.2) is 0 Å². The molecular formula is C20H30N4O2. The standard InChI is InChI=1S/C20H30N4O2/c1-22-9-11-23(12-10-22)14-17-13-20(26-15-17)6-4-8-24(16-20)19(25)18-5-2-3-7-21-18/h2-3,5,7,17H,4,6,8-16H2,1H3/t17-,20-/m1/s1. The zero-order valence-electron chi connectivity index (χ0n) is 15.8. The van der Waals surface area contributed by atoms with Gasteiger partial charge in [-0.3, -0.25) is 9.78 Å². The molecule has 0 bridgehead atoms. The van der Waals surface area contributed by atoms with Gasteiger partial charge in [-0.25, -0.2) is 0 Å². The number of ether oxygens (including phenoxy) is 1. The fraction of sp³-hybridized carbons (Fsp3) is 0.700. The summed E-state index contributed by atoms with van der Waals surface area (Å²) in [7, 11) is 2.19. The lowest BCUT2D eigenvalue weighted by atomic mass is 9.86. The number of hydrogen-bond acceptors (Lipinski definition) is 5. The predicted molar refractivity (Wildman–Crippen MR) is 100 cm³/mol. The molecule has 0 aromatic carbocycles. The van der Waals surface area contributed by atoms with E-state index in [9.17, 15) is 4.79 Å². The van der Waals surface area contributed by atoms with Crippen LogP contribution in [0.5, 0.6) is 0 Å². The van der Waals surface area contributed by atoms with Crippen LogP contribution in [0.1, 0.15) is 29.8 Å². The Morgan fingerprint density at radius 1 is 1.27 bits per heavy atom. The lowest BCUT2D eigenvalue weighted by molar-refractivity contribution is -0.0452. The number of likely N-dealkylation sites (N-methyl/N-ethyl adjacent to an activating group) is 1. The summed E-state index contributed by atoms with van der Waals surface area (Å²) in [4.78, 5) is 23.9. The van der Waals surface area contributed by atoms with Crippen LogP contribution in [-0.4, -0.2) is 90.7 Å². The third-order valence-electron chi connectivity index (χ3n) is 6.11. The normalized spacial score (nSPS) is 30.8.